The molecule has 0 amide bonds. The van der Waals surface area contributed by atoms with E-state index in [4.69, 9.17) is 14.9 Å². The zero-order valence-electron chi connectivity index (χ0n) is 17.6. The molecule has 0 fully saturated rings. The van der Waals surface area contributed by atoms with Crippen molar-refractivity contribution in [3.63, 3.8) is 0 Å². The Morgan fingerprint density at radius 1 is 0.821 bits per heavy atom. The fourth-order valence-electron chi connectivity index (χ4n) is 2.40. The molecule has 0 heterocycles. The maximum absolute atomic E-state index is 11.4. The normalized spacial score (nSPS) is 15.6. The average molecular weight is 436 g/mol. The molecule has 0 aliphatic heterocycles. The quantitative estimate of drug-likeness (QED) is 0.128. The number of ether oxygens (including phenoxy) is 1. The summed E-state index contributed by atoms with van der Waals surface area (Å²) in [6.07, 6.45) is 9.92. The van der Waals surface area contributed by atoms with E-state index in [9.17, 15) is 14.6 Å². The van der Waals surface area contributed by atoms with Crippen LogP contribution < -0.4 is 34.5 Å². The van der Waals surface area contributed by atoms with Gasteiger partial charge in [0.25, 0.3) is 7.82 Å². The minimum absolute atomic E-state index is 0. The van der Waals surface area contributed by atoms with Gasteiger partial charge in [-0.05, 0) is 6.42 Å². The van der Waals surface area contributed by atoms with Crippen molar-refractivity contribution in [2.24, 2.45) is 0 Å². The first kappa shape index (κ1) is 31.1. The molecule has 28 heavy (non-hydrogen) atoms. The van der Waals surface area contributed by atoms with E-state index in [2.05, 4.69) is 16.0 Å². The van der Waals surface area contributed by atoms with Crippen LogP contribution in [0.5, 0.6) is 0 Å². The number of phosphoric acid groups is 1. The number of hydrogen-bond acceptors (Lipinski definition) is 8. The minimum Gasteiger partial charge on any atom is -0.756 e. The van der Waals surface area contributed by atoms with Crippen LogP contribution in [0.4, 0.5) is 0 Å². The summed E-state index contributed by atoms with van der Waals surface area (Å²) in [5, 5.41) is 27.2. The van der Waals surface area contributed by atoms with E-state index < -0.39 is 39.9 Å². The molecule has 0 aromatic heterocycles. The number of aliphatic hydroxyl groups is 3. The number of aliphatic hydroxyl groups excluding tert-OH is 3. The molecule has 0 spiro atoms. The molecule has 0 saturated heterocycles. The molecule has 0 aromatic rings. The summed E-state index contributed by atoms with van der Waals surface area (Å²) in [7, 11) is -4.62. The SMILES string of the molecule is CCCCCCCCCCCCOCC(O)COP(=O)([O-])OCC(O)CO.[Na+]. The van der Waals surface area contributed by atoms with Crippen LogP contribution in [0.25, 0.3) is 0 Å². The molecule has 0 rings (SSSR count). The van der Waals surface area contributed by atoms with Gasteiger partial charge in [0.05, 0.1) is 26.4 Å². The minimum atomic E-state index is -4.62. The summed E-state index contributed by atoms with van der Waals surface area (Å²) < 4.78 is 25.5. The second kappa shape index (κ2) is 21.2. The fourth-order valence-corrected chi connectivity index (χ4v) is 3.19. The maximum Gasteiger partial charge on any atom is 1.00 e. The maximum atomic E-state index is 11.4. The summed E-state index contributed by atoms with van der Waals surface area (Å²) in [5.41, 5.74) is 0. The van der Waals surface area contributed by atoms with Crippen LogP contribution in [0.3, 0.4) is 0 Å². The fraction of sp³-hybridized carbons (Fsp3) is 1.00. The van der Waals surface area contributed by atoms with Crippen LogP contribution in [0.15, 0.2) is 0 Å². The number of rotatable bonds is 20. The number of phosphoric ester groups is 1. The van der Waals surface area contributed by atoms with Gasteiger partial charge in [-0.25, -0.2) is 0 Å². The van der Waals surface area contributed by atoms with Crippen molar-refractivity contribution in [2.45, 2.75) is 83.3 Å². The molecule has 3 atom stereocenters. The Bertz CT molecular complexity index is 375. The van der Waals surface area contributed by atoms with E-state index in [1.54, 1.807) is 0 Å². The predicted molar refractivity (Wildman–Crippen MR) is 101 cm³/mol. The van der Waals surface area contributed by atoms with Gasteiger partial charge in [-0.1, -0.05) is 64.7 Å². The first-order valence-electron chi connectivity index (χ1n) is 10.1. The summed E-state index contributed by atoms with van der Waals surface area (Å²) in [5.74, 6) is 0. The third-order valence-electron chi connectivity index (χ3n) is 4.01. The van der Waals surface area contributed by atoms with E-state index in [0.717, 1.165) is 12.8 Å². The monoisotopic (exact) mass is 436 g/mol. The molecule has 0 bridgehead atoms. The number of unbranched alkanes of at least 4 members (excludes halogenated alkanes) is 9. The standard InChI is InChI=1S/C18H39O8P.Na/c1-2-3-4-5-6-7-8-9-10-11-12-24-14-18(21)16-26-27(22,23)25-15-17(20)13-19;/h17-21H,2-16H2,1H3,(H,22,23);/q;+1/p-1. The van der Waals surface area contributed by atoms with E-state index >= 15 is 0 Å². The Morgan fingerprint density at radius 2 is 1.29 bits per heavy atom. The van der Waals surface area contributed by atoms with E-state index in [-0.39, 0.29) is 36.2 Å². The smallest absolute Gasteiger partial charge is 0.756 e. The topological polar surface area (TPSA) is 129 Å². The van der Waals surface area contributed by atoms with Gasteiger partial charge in [0.1, 0.15) is 12.2 Å². The van der Waals surface area contributed by atoms with Crippen LogP contribution in [-0.4, -0.2) is 60.6 Å². The van der Waals surface area contributed by atoms with E-state index in [1.165, 1.54) is 51.4 Å². The molecule has 3 unspecified atom stereocenters. The van der Waals surface area contributed by atoms with Crippen molar-refractivity contribution < 1.29 is 68.1 Å². The first-order valence-corrected chi connectivity index (χ1v) is 11.5. The van der Waals surface area contributed by atoms with Crippen molar-refractivity contribution in [3.8, 4) is 0 Å². The van der Waals surface area contributed by atoms with Crippen LogP contribution in [0.2, 0.25) is 0 Å². The third-order valence-corrected chi connectivity index (χ3v) is 4.94. The molecule has 10 heteroatoms. The Balaban J connectivity index is 0. The van der Waals surface area contributed by atoms with Crippen LogP contribution in [-0.2, 0) is 18.3 Å². The molecule has 164 valence electrons. The summed E-state index contributed by atoms with van der Waals surface area (Å²) in [6.45, 7) is 1.03. The second-order valence-electron chi connectivity index (χ2n) is 6.79. The number of hydrogen-bond donors (Lipinski definition) is 3. The average Bonchev–Trinajstić information content (AvgIpc) is 2.65. The van der Waals surface area contributed by atoms with Crippen molar-refractivity contribution >= 4 is 7.82 Å². The zero-order chi connectivity index (χ0) is 20.4. The molecule has 0 radical (unpaired) electrons. The molecular formula is C18H38NaO8P. The second-order valence-corrected chi connectivity index (χ2v) is 8.20. The van der Waals surface area contributed by atoms with Gasteiger partial charge in [0, 0.05) is 6.61 Å². The van der Waals surface area contributed by atoms with E-state index in [0.29, 0.717) is 6.61 Å². The summed E-state index contributed by atoms with van der Waals surface area (Å²) in [6, 6.07) is 0. The van der Waals surface area contributed by atoms with Crippen molar-refractivity contribution in [3.05, 3.63) is 0 Å². The first-order chi connectivity index (χ1) is 12.9. The summed E-state index contributed by atoms with van der Waals surface area (Å²) >= 11 is 0. The van der Waals surface area contributed by atoms with Gasteiger partial charge in [-0.15, -0.1) is 0 Å². The van der Waals surface area contributed by atoms with Gasteiger partial charge in [0.15, 0.2) is 0 Å². The van der Waals surface area contributed by atoms with Crippen LogP contribution >= 0.6 is 7.82 Å². The van der Waals surface area contributed by atoms with Crippen molar-refractivity contribution in [1.82, 2.24) is 0 Å². The Hall–Kier alpha value is 0.950. The van der Waals surface area contributed by atoms with E-state index in [1.807, 2.05) is 0 Å². The Morgan fingerprint density at radius 3 is 1.79 bits per heavy atom. The molecule has 0 aliphatic rings. The largest absolute Gasteiger partial charge is 1.00 e. The van der Waals surface area contributed by atoms with Crippen LogP contribution in [0.1, 0.15) is 71.1 Å². The van der Waals surface area contributed by atoms with Gasteiger partial charge in [-0.2, -0.15) is 0 Å². The Labute approximate surface area is 191 Å². The molecular weight excluding hydrogens is 398 g/mol. The summed E-state index contributed by atoms with van der Waals surface area (Å²) in [4.78, 5) is 11.4. The molecule has 0 saturated carbocycles. The van der Waals surface area contributed by atoms with Gasteiger partial charge >= 0.3 is 29.6 Å². The van der Waals surface area contributed by atoms with Gasteiger partial charge < -0.3 is 34.0 Å². The van der Waals surface area contributed by atoms with Gasteiger partial charge in [0.2, 0.25) is 0 Å². The zero-order valence-corrected chi connectivity index (χ0v) is 20.5. The molecule has 0 aliphatic carbocycles. The van der Waals surface area contributed by atoms with Gasteiger partial charge in [-0.3, -0.25) is 4.57 Å². The molecule has 8 nitrogen and oxygen atoms in total. The Kier molecular flexibility index (Phi) is 23.6. The van der Waals surface area contributed by atoms with Crippen molar-refractivity contribution in [2.75, 3.05) is 33.0 Å². The molecule has 0 aromatic carbocycles. The van der Waals surface area contributed by atoms with Crippen LogP contribution in [0, 0.1) is 0 Å². The van der Waals surface area contributed by atoms with Crippen molar-refractivity contribution in [1.29, 1.82) is 0 Å². The predicted octanol–water partition coefficient (Wildman–Crippen LogP) is -0.856. The third kappa shape index (κ3) is 21.7. The molecule has 3 N–H and O–H groups in total.